The number of nitrogens with two attached hydrogens (primary N) is 1. The molecule has 6 nitrogen and oxygen atoms in total. The van der Waals surface area contributed by atoms with Gasteiger partial charge >= 0.3 is 0 Å². The predicted octanol–water partition coefficient (Wildman–Crippen LogP) is 2.86. The van der Waals surface area contributed by atoms with Gasteiger partial charge in [0.1, 0.15) is 11.5 Å². The maximum absolute atomic E-state index is 13.0. The number of aromatic amines is 1. The molecule has 3 rings (SSSR count). The average Bonchev–Trinajstić information content (AvgIpc) is 3.13. The van der Waals surface area contributed by atoms with Crippen LogP contribution in [0.2, 0.25) is 0 Å². The summed E-state index contributed by atoms with van der Waals surface area (Å²) in [7, 11) is 0. The highest BCUT2D eigenvalue weighted by atomic mass is 32.2. The van der Waals surface area contributed by atoms with Crippen molar-refractivity contribution >= 4 is 11.8 Å². The molecule has 0 amide bonds. The Morgan fingerprint density at radius 2 is 2.09 bits per heavy atom. The van der Waals surface area contributed by atoms with Crippen LogP contribution < -0.4 is 5.84 Å². The lowest BCUT2D eigenvalue weighted by molar-refractivity contribution is 0.628. The molecule has 0 aliphatic heterocycles. The van der Waals surface area contributed by atoms with E-state index in [0.717, 1.165) is 16.9 Å². The number of nitrogens with one attached hydrogen (secondary N) is 1. The first-order valence-corrected chi connectivity index (χ1v) is 7.82. The van der Waals surface area contributed by atoms with Gasteiger partial charge in [-0.15, -0.1) is 10.2 Å². The highest BCUT2D eigenvalue weighted by Gasteiger charge is 2.15. The van der Waals surface area contributed by atoms with Crippen LogP contribution in [0.15, 0.2) is 47.6 Å². The molecular formula is C15H15FN6S. The number of hydrogen-bond acceptors (Lipinski definition) is 5. The van der Waals surface area contributed by atoms with Crippen LogP contribution in [-0.2, 0) is 0 Å². The summed E-state index contributed by atoms with van der Waals surface area (Å²) in [6.07, 6.45) is 0. The van der Waals surface area contributed by atoms with Crippen molar-refractivity contribution < 1.29 is 4.39 Å². The SMILES string of the molecule is C=C(C)CSc1nnc(-c2cc(-c3ccc(F)cc3)n[nH]2)n1N. The highest BCUT2D eigenvalue weighted by Crippen LogP contribution is 2.25. The lowest BCUT2D eigenvalue weighted by Crippen LogP contribution is -2.11. The number of aromatic nitrogens is 5. The van der Waals surface area contributed by atoms with E-state index in [1.54, 1.807) is 18.2 Å². The largest absolute Gasteiger partial charge is 0.335 e. The third kappa shape index (κ3) is 3.26. The molecule has 0 unspecified atom stereocenters. The molecule has 3 aromatic rings. The van der Waals surface area contributed by atoms with Crippen LogP contribution in [0.25, 0.3) is 22.8 Å². The number of H-pyrrole nitrogens is 1. The fourth-order valence-electron chi connectivity index (χ4n) is 1.95. The van der Waals surface area contributed by atoms with Gasteiger partial charge in [-0.1, -0.05) is 23.9 Å². The Bertz CT molecular complexity index is 836. The Morgan fingerprint density at radius 1 is 1.35 bits per heavy atom. The van der Waals surface area contributed by atoms with Crippen molar-refractivity contribution in [3.8, 4) is 22.8 Å². The molecule has 118 valence electrons. The van der Waals surface area contributed by atoms with Gasteiger partial charge in [0.05, 0.1) is 5.69 Å². The number of hydrogen-bond donors (Lipinski definition) is 2. The van der Waals surface area contributed by atoms with Gasteiger partial charge in [0.25, 0.3) is 0 Å². The zero-order valence-corrected chi connectivity index (χ0v) is 13.3. The molecule has 0 saturated carbocycles. The van der Waals surface area contributed by atoms with Gasteiger partial charge in [-0.2, -0.15) is 5.10 Å². The normalized spacial score (nSPS) is 10.9. The van der Waals surface area contributed by atoms with Crippen LogP contribution in [-0.4, -0.2) is 30.8 Å². The minimum Gasteiger partial charge on any atom is -0.335 e. The molecule has 0 aliphatic carbocycles. The zero-order valence-electron chi connectivity index (χ0n) is 12.5. The molecule has 0 bridgehead atoms. The van der Waals surface area contributed by atoms with Gasteiger partial charge < -0.3 is 5.84 Å². The topological polar surface area (TPSA) is 85.4 Å². The summed E-state index contributed by atoms with van der Waals surface area (Å²) < 4.78 is 14.4. The summed E-state index contributed by atoms with van der Waals surface area (Å²) in [6, 6.07) is 7.91. The van der Waals surface area contributed by atoms with Gasteiger partial charge in [-0.05, 0) is 37.3 Å². The van der Waals surface area contributed by atoms with Gasteiger partial charge in [0.15, 0.2) is 0 Å². The Labute approximate surface area is 136 Å². The quantitative estimate of drug-likeness (QED) is 0.427. The molecule has 2 aromatic heterocycles. The summed E-state index contributed by atoms with van der Waals surface area (Å²) in [5, 5.41) is 15.9. The van der Waals surface area contributed by atoms with E-state index in [0.29, 0.717) is 22.4 Å². The number of nitrogen functional groups attached to an aromatic ring is 1. The molecule has 0 spiro atoms. The standard InChI is InChI=1S/C15H15FN6S/c1-9(2)8-23-15-21-20-14(22(15)17)13-7-12(18-19-13)10-3-5-11(16)6-4-10/h3-7H,1,8,17H2,2H3,(H,18,19). The molecule has 0 aliphatic rings. The van der Waals surface area contributed by atoms with Crippen molar-refractivity contribution in [3.63, 3.8) is 0 Å². The fourth-order valence-corrected chi connectivity index (χ4v) is 2.65. The van der Waals surface area contributed by atoms with E-state index in [9.17, 15) is 4.39 Å². The molecule has 1 aromatic carbocycles. The zero-order chi connectivity index (χ0) is 16.4. The number of rotatable bonds is 5. The molecule has 0 saturated heterocycles. The Balaban J connectivity index is 1.86. The minimum absolute atomic E-state index is 0.287. The van der Waals surface area contributed by atoms with E-state index < -0.39 is 0 Å². The maximum Gasteiger partial charge on any atom is 0.210 e. The van der Waals surface area contributed by atoms with Gasteiger partial charge in [-0.25, -0.2) is 9.07 Å². The fraction of sp³-hybridized carbons (Fsp3) is 0.133. The molecule has 23 heavy (non-hydrogen) atoms. The number of halogens is 1. The van der Waals surface area contributed by atoms with Crippen LogP contribution in [0.1, 0.15) is 6.92 Å². The van der Waals surface area contributed by atoms with E-state index in [4.69, 9.17) is 5.84 Å². The summed E-state index contributed by atoms with van der Waals surface area (Å²) in [4.78, 5) is 0. The van der Waals surface area contributed by atoms with Crippen molar-refractivity contribution in [3.05, 3.63) is 48.3 Å². The van der Waals surface area contributed by atoms with Gasteiger partial charge in [0.2, 0.25) is 11.0 Å². The third-order valence-electron chi connectivity index (χ3n) is 3.07. The smallest absolute Gasteiger partial charge is 0.210 e. The van der Waals surface area contributed by atoms with E-state index in [-0.39, 0.29) is 5.82 Å². The molecule has 0 radical (unpaired) electrons. The second kappa shape index (κ2) is 6.25. The lowest BCUT2D eigenvalue weighted by atomic mass is 10.1. The Morgan fingerprint density at radius 3 is 2.78 bits per heavy atom. The van der Waals surface area contributed by atoms with Gasteiger partial charge in [-0.3, -0.25) is 5.10 Å². The van der Waals surface area contributed by atoms with Crippen molar-refractivity contribution in [2.24, 2.45) is 0 Å². The van der Waals surface area contributed by atoms with E-state index in [1.807, 2.05) is 6.92 Å². The van der Waals surface area contributed by atoms with E-state index >= 15 is 0 Å². The monoisotopic (exact) mass is 330 g/mol. The van der Waals surface area contributed by atoms with Crippen LogP contribution in [0.3, 0.4) is 0 Å². The Hall–Kier alpha value is -2.61. The third-order valence-corrected chi connectivity index (χ3v) is 4.24. The highest BCUT2D eigenvalue weighted by molar-refractivity contribution is 7.99. The first-order chi connectivity index (χ1) is 11.0. The molecule has 0 atom stereocenters. The first-order valence-electron chi connectivity index (χ1n) is 6.84. The molecule has 8 heteroatoms. The summed E-state index contributed by atoms with van der Waals surface area (Å²) in [5.74, 6) is 6.95. The first kappa shape index (κ1) is 15.3. The molecule has 2 heterocycles. The van der Waals surface area contributed by atoms with Crippen LogP contribution >= 0.6 is 11.8 Å². The summed E-state index contributed by atoms with van der Waals surface area (Å²) >= 11 is 1.46. The van der Waals surface area contributed by atoms with E-state index in [2.05, 4.69) is 27.0 Å². The molecule has 0 fully saturated rings. The number of thioether (sulfide) groups is 1. The second-order valence-electron chi connectivity index (χ2n) is 5.10. The minimum atomic E-state index is -0.287. The Kier molecular flexibility index (Phi) is 4.16. The molecular weight excluding hydrogens is 315 g/mol. The van der Waals surface area contributed by atoms with Crippen molar-refractivity contribution in [1.29, 1.82) is 0 Å². The van der Waals surface area contributed by atoms with Crippen molar-refractivity contribution in [1.82, 2.24) is 25.1 Å². The van der Waals surface area contributed by atoms with Crippen LogP contribution in [0, 0.1) is 5.82 Å². The molecule has 3 N–H and O–H groups in total. The summed E-state index contributed by atoms with van der Waals surface area (Å²) in [5.41, 5.74) is 3.15. The number of benzene rings is 1. The van der Waals surface area contributed by atoms with Crippen LogP contribution in [0.5, 0.6) is 0 Å². The second-order valence-corrected chi connectivity index (χ2v) is 6.04. The van der Waals surface area contributed by atoms with Crippen LogP contribution in [0.4, 0.5) is 4.39 Å². The van der Waals surface area contributed by atoms with Gasteiger partial charge in [0, 0.05) is 11.3 Å². The summed E-state index contributed by atoms with van der Waals surface area (Å²) in [6.45, 7) is 5.79. The maximum atomic E-state index is 13.0. The predicted molar refractivity (Wildman–Crippen MR) is 88.7 cm³/mol. The number of nitrogens with zero attached hydrogens (tertiary/aromatic N) is 4. The van der Waals surface area contributed by atoms with E-state index in [1.165, 1.54) is 28.6 Å². The average molecular weight is 330 g/mol. The van der Waals surface area contributed by atoms with Crippen molar-refractivity contribution in [2.45, 2.75) is 12.1 Å². The lowest BCUT2D eigenvalue weighted by Gasteiger charge is -2.01. The van der Waals surface area contributed by atoms with Crippen molar-refractivity contribution in [2.75, 3.05) is 11.6 Å².